The van der Waals surface area contributed by atoms with E-state index in [9.17, 15) is 14.4 Å². The average Bonchev–Trinajstić information content (AvgIpc) is 2.82. The molecule has 0 aromatic heterocycles. The number of imide groups is 1. The molecule has 25 heavy (non-hydrogen) atoms. The molecule has 1 unspecified atom stereocenters. The maximum absolute atomic E-state index is 12.6. The van der Waals surface area contributed by atoms with Crippen molar-refractivity contribution in [2.75, 3.05) is 10.2 Å². The van der Waals surface area contributed by atoms with Gasteiger partial charge in [0.2, 0.25) is 5.91 Å². The first-order valence-electron chi connectivity index (χ1n) is 7.63. The zero-order valence-corrected chi connectivity index (χ0v) is 15.3. The molecule has 2 N–H and O–H groups in total. The Balaban J connectivity index is 1.76. The van der Waals surface area contributed by atoms with E-state index >= 15 is 0 Å². The normalized spacial score (nSPS) is 17.0. The van der Waals surface area contributed by atoms with E-state index < -0.39 is 12.0 Å². The quantitative estimate of drug-likeness (QED) is 0.541. The molecule has 7 heteroatoms. The minimum Gasteiger partial charge on any atom is -0.481 e. The highest BCUT2D eigenvalue weighted by Gasteiger charge is 2.39. The smallest absolute Gasteiger partial charge is 0.307 e. The van der Waals surface area contributed by atoms with Crippen molar-refractivity contribution in [2.45, 2.75) is 18.9 Å². The molecule has 128 valence electrons. The van der Waals surface area contributed by atoms with Gasteiger partial charge in [-0.3, -0.25) is 14.4 Å². The van der Waals surface area contributed by atoms with Crippen molar-refractivity contribution in [1.29, 1.82) is 0 Å². The molecular weight excluding hydrogens is 435 g/mol. The van der Waals surface area contributed by atoms with Gasteiger partial charge < -0.3 is 10.4 Å². The summed E-state index contributed by atoms with van der Waals surface area (Å²) in [4.78, 5) is 36.8. The number of nitrogens with one attached hydrogen (secondary N) is 1. The number of hydrogen-bond donors (Lipinski definition) is 2. The fraction of sp³-hybridized carbons (Fsp3) is 0.167. The van der Waals surface area contributed by atoms with Crippen LogP contribution in [0, 0.1) is 3.57 Å². The van der Waals surface area contributed by atoms with Gasteiger partial charge in [0.05, 0.1) is 18.5 Å². The molecule has 6 nitrogen and oxygen atoms in total. The summed E-state index contributed by atoms with van der Waals surface area (Å²) in [6.45, 7) is 0. The van der Waals surface area contributed by atoms with Gasteiger partial charge in [0, 0.05) is 9.26 Å². The van der Waals surface area contributed by atoms with Gasteiger partial charge in [-0.1, -0.05) is 18.2 Å². The predicted octanol–water partition coefficient (Wildman–Crippen LogP) is 2.66. The molecular formula is C18H15IN2O4. The summed E-state index contributed by atoms with van der Waals surface area (Å²) >= 11 is 2.18. The molecule has 1 aliphatic heterocycles. The van der Waals surface area contributed by atoms with E-state index in [1.807, 2.05) is 24.3 Å². The summed E-state index contributed by atoms with van der Waals surface area (Å²) in [5.74, 6) is -1.52. The maximum atomic E-state index is 12.6. The molecule has 1 aliphatic rings. The van der Waals surface area contributed by atoms with Crippen LogP contribution in [0.25, 0.3) is 0 Å². The van der Waals surface area contributed by atoms with E-state index in [0.717, 1.165) is 14.2 Å². The van der Waals surface area contributed by atoms with Crippen LogP contribution in [-0.4, -0.2) is 28.9 Å². The first-order valence-corrected chi connectivity index (χ1v) is 8.71. The van der Waals surface area contributed by atoms with Crippen molar-refractivity contribution in [2.24, 2.45) is 0 Å². The summed E-state index contributed by atoms with van der Waals surface area (Å²) in [6.07, 6.45) is -0.0137. The van der Waals surface area contributed by atoms with Crippen LogP contribution in [-0.2, 0) is 20.8 Å². The van der Waals surface area contributed by atoms with Crippen molar-refractivity contribution in [3.05, 3.63) is 57.7 Å². The second-order valence-corrected chi connectivity index (χ2v) is 6.96. The number of carboxylic acids is 1. The number of hydrogen-bond acceptors (Lipinski definition) is 4. The van der Waals surface area contributed by atoms with Gasteiger partial charge in [-0.2, -0.15) is 0 Å². The Hall–Kier alpha value is -2.42. The van der Waals surface area contributed by atoms with E-state index in [4.69, 9.17) is 5.11 Å². The molecule has 0 spiro atoms. The number of carbonyl (C=O) groups excluding carboxylic acids is 2. The SMILES string of the molecule is O=C(O)Cc1ccc(N2C(=O)CC(Nc3cccc(I)c3)C2=O)cc1. The van der Waals surface area contributed by atoms with Gasteiger partial charge in [0.15, 0.2) is 0 Å². The zero-order valence-electron chi connectivity index (χ0n) is 13.1. The predicted molar refractivity (Wildman–Crippen MR) is 101 cm³/mol. The lowest BCUT2D eigenvalue weighted by atomic mass is 10.1. The van der Waals surface area contributed by atoms with Crippen LogP contribution >= 0.6 is 22.6 Å². The minimum atomic E-state index is -0.928. The van der Waals surface area contributed by atoms with Gasteiger partial charge in [-0.25, -0.2) is 4.90 Å². The zero-order chi connectivity index (χ0) is 18.0. The molecule has 1 atom stereocenters. The van der Waals surface area contributed by atoms with Gasteiger partial charge in [0.1, 0.15) is 6.04 Å². The molecule has 2 aromatic rings. The second kappa shape index (κ2) is 7.22. The Bertz CT molecular complexity index is 835. The van der Waals surface area contributed by atoms with Crippen LogP contribution < -0.4 is 10.2 Å². The van der Waals surface area contributed by atoms with Crippen LogP contribution in [0.2, 0.25) is 0 Å². The number of anilines is 2. The fourth-order valence-corrected chi connectivity index (χ4v) is 3.28. The minimum absolute atomic E-state index is 0.0845. The van der Waals surface area contributed by atoms with Crippen LogP contribution in [0.15, 0.2) is 48.5 Å². The van der Waals surface area contributed by atoms with Crippen molar-refractivity contribution in [1.82, 2.24) is 0 Å². The highest BCUT2D eigenvalue weighted by atomic mass is 127. The average molecular weight is 450 g/mol. The molecule has 0 saturated carbocycles. The first kappa shape index (κ1) is 17.4. The number of rotatable bonds is 5. The third kappa shape index (κ3) is 3.98. The molecule has 2 amide bonds. The maximum Gasteiger partial charge on any atom is 0.307 e. The van der Waals surface area contributed by atoms with Crippen molar-refractivity contribution in [3.8, 4) is 0 Å². The molecule has 0 bridgehead atoms. The Morgan fingerprint density at radius 1 is 1.20 bits per heavy atom. The monoisotopic (exact) mass is 450 g/mol. The summed E-state index contributed by atoms with van der Waals surface area (Å²) in [7, 11) is 0. The van der Waals surface area contributed by atoms with Gasteiger partial charge in [-0.15, -0.1) is 0 Å². The summed E-state index contributed by atoms with van der Waals surface area (Å²) in [6, 6.07) is 13.4. The van der Waals surface area contributed by atoms with E-state index in [1.54, 1.807) is 24.3 Å². The standard InChI is InChI=1S/C18H15IN2O4/c19-12-2-1-3-13(9-12)20-15-10-16(22)21(18(15)25)14-6-4-11(5-7-14)8-17(23)24/h1-7,9,15,20H,8,10H2,(H,23,24). The van der Waals surface area contributed by atoms with Crippen LogP contribution in [0.4, 0.5) is 11.4 Å². The van der Waals surface area contributed by atoms with Gasteiger partial charge in [-0.05, 0) is 58.5 Å². The Kier molecular flexibility index (Phi) is 5.03. The number of amides is 2. The molecule has 3 rings (SSSR count). The molecule has 1 heterocycles. The van der Waals surface area contributed by atoms with Crippen LogP contribution in [0.3, 0.4) is 0 Å². The molecule has 1 saturated heterocycles. The fourth-order valence-electron chi connectivity index (χ4n) is 2.73. The van der Waals surface area contributed by atoms with E-state index in [-0.39, 0.29) is 24.7 Å². The largest absolute Gasteiger partial charge is 0.481 e. The summed E-state index contributed by atoms with van der Waals surface area (Å²) in [5.41, 5.74) is 1.86. The van der Waals surface area contributed by atoms with Crippen molar-refractivity contribution >= 4 is 51.7 Å². The number of benzene rings is 2. The Labute approximate surface area is 158 Å². The van der Waals surface area contributed by atoms with Crippen LogP contribution in [0.5, 0.6) is 0 Å². The number of carbonyl (C=O) groups is 3. The number of aliphatic carboxylic acids is 1. The molecule has 0 radical (unpaired) electrons. The molecule has 2 aromatic carbocycles. The van der Waals surface area contributed by atoms with E-state index in [1.165, 1.54) is 0 Å². The lowest BCUT2D eigenvalue weighted by Crippen LogP contribution is -2.34. The summed E-state index contributed by atoms with van der Waals surface area (Å²) < 4.78 is 1.03. The van der Waals surface area contributed by atoms with Gasteiger partial charge in [0.25, 0.3) is 5.91 Å². The second-order valence-electron chi connectivity index (χ2n) is 5.72. The Morgan fingerprint density at radius 2 is 1.92 bits per heavy atom. The number of halogens is 1. The summed E-state index contributed by atoms with van der Waals surface area (Å²) in [5, 5.41) is 11.9. The lowest BCUT2D eigenvalue weighted by molar-refractivity contribution is -0.136. The molecule has 1 fully saturated rings. The highest BCUT2D eigenvalue weighted by Crippen LogP contribution is 2.25. The van der Waals surface area contributed by atoms with Gasteiger partial charge >= 0.3 is 5.97 Å². The van der Waals surface area contributed by atoms with Crippen molar-refractivity contribution < 1.29 is 19.5 Å². The third-order valence-corrected chi connectivity index (χ3v) is 4.53. The van der Waals surface area contributed by atoms with Crippen molar-refractivity contribution in [3.63, 3.8) is 0 Å². The molecule has 0 aliphatic carbocycles. The number of carboxylic acid groups (broad SMARTS) is 1. The Morgan fingerprint density at radius 3 is 2.56 bits per heavy atom. The first-order chi connectivity index (χ1) is 11.9. The van der Waals surface area contributed by atoms with E-state index in [2.05, 4.69) is 27.9 Å². The van der Waals surface area contributed by atoms with Crippen LogP contribution in [0.1, 0.15) is 12.0 Å². The topological polar surface area (TPSA) is 86.7 Å². The lowest BCUT2D eigenvalue weighted by Gasteiger charge is -2.16. The third-order valence-electron chi connectivity index (χ3n) is 3.86. The highest BCUT2D eigenvalue weighted by molar-refractivity contribution is 14.1. The van der Waals surface area contributed by atoms with E-state index in [0.29, 0.717) is 11.3 Å². The number of nitrogens with zero attached hydrogens (tertiary/aromatic N) is 1.